The van der Waals surface area contributed by atoms with Gasteiger partial charge < -0.3 is 14.7 Å². The number of halogens is 1. The van der Waals surface area contributed by atoms with Gasteiger partial charge in [0.15, 0.2) is 5.82 Å². The molecule has 1 aromatic heterocycles. The Balaban J connectivity index is 1.48. The van der Waals surface area contributed by atoms with E-state index in [2.05, 4.69) is 15.5 Å². The molecule has 7 heteroatoms. The Labute approximate surface area is 138 Å². The third-order valence-electron chi connectivity index (χ3n) is 4.27. The van der Waals surface area contributed by atoms with Crippen molar-refractivity contribution in [2.75, 3.05) is 11.9 Å². The summed E-state index contributed by atoms with van der Waals surface area (Å²) in [6.07, 6.45) is 4.02. The fourth-order valence-electron chi connectivity index (χ4n) is 2.92. The van der Waals surface area contributed by atoms with Crippen LogP contribution in [0, 0.1) is 0 Å². The summed E-state index contributed by atoms with van der Waals surface area (Å²) < 4.78 is 5.40. The van der Waals surface area contributed by atoms with Crippen LogP contribution in [-0.2, 0) is 0 Å². The van der Waals surface area contributed by atoms with Crippen molar-refractivity contribution in [2.45, 2.75) is 37.6 Å². The van der Waals surface area contributed by atoms with E-state index in [1.807, 2.05) is 6.07 Å². The second kappa shape index (κ2) is 5.85. The molecule has 4 rings (SSSR count). The number of benzene rings is 1. The Kier molecular flexibility index (Phi) is 3.69. The van der Waals surface area contributed by atoms with Gasteiger partial charge in [0.1, 0.15) is 6.04 Å². The van der Waals surface area contributed by atoms with Gasteiger partial charge in [0.05, 0.1) is 0 Å². The van der Waals surface area contributed by atoms with Crippen LogP contribution in [0.1, 0.15) is 49.4 Å². The molecular formula is C16H17ClN4O2. The zero-order valence-electron chi connectivity index (χ0n) is 12.5. The second-order valence-corrected chi connectivity index (χ2v) is 6.49. The van der Waals surface area contributed by atoms with Crippen molar-refractivity contribution in [2.24, 2.45) is 0 Å². The van der Waals surface area contributed by atoms with Crippen molar-refractivity contribution in [3.05, 3.63) is 41.0 Å². The number of aromatic nitrogens is 2. The number of likely N-dealkylation sites (tertiary alicyclic amines) is 1. The molecule has 2 heterocycles. The van der Waals surface area contributed by atoms with Crippen molar-refractivity contribution in [1.82, 2.24) is 15.0 Å². The smallest absolute Gasteiger partial charge is 0.322 e. The second-order valence-electron chi connectivity index (χ2n) is 6.06. The number of nitrogens with one attached hydrogen (secondary N) is 1. The van der Waals surface area contributed by atoms with Gasteiger partial charge in [-0.25, -0.2) is 4.79 Å². The van der Waals surface area contributed by atoms with E-state index in [-0.39, 0.29) is 12.1 Å². The predicted molar refractivity (Wildman–Crippen MR) is 85.4 cm³/mol. The number of hydrogen-bond acceptors (Lipinski definition) is 4. The van der Waals surface area contributed by atoms with E-state index in [1.54, 1.807) is 23.1 Å². The number of nitrogens with zero attached hydrogens (tertiary/aromatic N) is 3. The molecule has 1 unspecified atom stereocenters. The first kappa shape index (κ1) is 14.5. The van der Waals surface area contributed by atoms with Gasteiger partial charge in [0.25, 0.3) is 0 Å². The predicted octanol–water partition coefficient (Wildman–Crippen LogP) is 3.97. The lowest BCUT2D eigenvalue weighted by Gasteiger charge is -2.22. The summed E-state index contributed by atoms with van der Waals surface area (Å²) in [7, 11) is 0. The Hall–Kier alpha value is -2.08. The van der Waals surface area contributed by atoms with E-state index in [9.17, 15) is 4.79 Å². The number of amides is 2. The number of hydrogen-bond donors (Lipinski definition) is 1. The monoisotopic (exact) mass is 332 g/mol. The Morgan fingerprint density at radius 2 is 2.22 bits per heavy atom. The lowest BCUT2D eigenvalue weighted by molar-refractivity contribution is 0.193. The van der Waals surface area contributed by atoms with Gasteiger partial charge in [-0.05, 0) is 43.9 Å². The highest BCUT2D eigenvalue weighted by molar-refractivity contribution is 6.30. The van der Waals surface area contributed by atoms with Crippen molar-refractivity contribution >= 4 is 23.3 Å². The van der Waals surface area contributed by atoms with Crippen molar-refractivity contribution in [3.63, 3.8) is 0 Å². The van der Waals surface area contributed by atoms with Gasteiger partial charge in [-0.1, -0.05) is 22.8 Å². The minimum absolute atomic E-state index is 0.144. The molecule has 0 radical (unpaired) electrons. The fourth-order valence-corrected chi connectivity index (χ4v) is 3.11. The molecule has 120 valence electrons. The first-order chi connectivity index (χ1) is 11.2. The van der Waals surface area contributed by atoms with Crippen molar-refractivity contribution in [1.29, 1.82) is 0 Å². The molecule has 1 N–H and O–H groups in total. The largest absolute Gasteiger partial charge is 0.337 e. The van der Waals surface area contributed by atoms with Crippen LogP contribution in [0.3, 0.4) is 0 Å². The van der Waals surface area contributed by atoms with Crippen molar-refractivity contribution < 1.29 is 9.32 Å². The normalized spacial score (nSPS) is 20.7. The molecule has 1 aliphatic carbocycles. The molecule has 1 atom stereocenters. The molecular weight excluding hydrogens is 316 g/mol. The topological polar surface area (TPSA) is 71.3 Å². The van der Waals surface area contributed by atoms with Gasteiger partial charge in [0.2, 0.25) is 5.89 Å². The third-order valence-corrected chi connectivity index (χ3v) is 4.51. The maximum Gasteiger partial charge on any atom is 0.322 e. The van der Waals surface area contributed by atoms with Crippen LogP contribution < -0.4 is 5.32 Å². The summed E-state index contributed by atoms with van der Waals surface area (Å²) in [5.41, 5.74) is 0.678. The van der Waals surface area contributed by atoms with Crippen LogP contribution in [0.15, 0.2) is 28.8 Å². The lowest BCUT2D eigenvalue weighted by Crippen LogP contribution is -2.34. The molecule has 2 fully saturated rings. The quantitative estimate of drug-likeness (QED) is 0.923. The number of rotatable bonds is 3. The number of carbonyl (C=O) groups is 1. The first-order valence-electron chi connectivity index (χ1n) is 7.87. The number of urea groups is 1. The zero-order chi connectivity index (χ0) is 15.8. The molecule has 1 saturated carbocycles. The average molecular weight is 333 g/mol. The van der Waals surface area contributed by atoms with Crippen LogP contribution in [0.2, 0.25) is 5.02 Å². The molecule has 0 spiro atoms. The lowest BCUT2D eigenvalue weighted by atomic mass is 10.2. The Bertz CT molecular complexity index is 728. The van der Waals surface area contributed by atoms with Gasteiger partial charge in [-0.3, -0.25) is 0 Å². The number of anilines is 1. The average Bonchev–Trinajstić information content (AvgIpc) is 3.08. The first-order valence-corrected chi connectivity index (χ1v) is 8.25. The van der Waals surface area contributed by atoms with E-state index in [0.29, 0.717) is 29.1 Å². The molecule has 2 aromatic rings. The molecule has 2 aliphatic rings. The minimum atomic E-state index is -0.166. The van der Waals surface area contributed by atoms with Gasteiger partial charge >= 0.3 is 6.03 Å². The fraction of sp³-hybridized carbons (Fsp3) is 0.438. The summed E-state index contributed by atoms with van der Waals surface area (Å²) in [6.45, 7) is 0.679. The summed E-state index contributed by atoms with van der Waals surface area (Å²) in [6, 6.07) is 6.80. The van der Waals surface area contributed by atoms with Crippen LogP contribution in [0.25, 0.3) is 0 Å². The van der Waals surface area contributed by atoms with E-state index in [1.165, 1.54) is 0 Å². The standard InChI is InChI=1S/C16H17ClN4O2/c17-11-3-1-4-12(9-11)18-16(22)21-8-2-5-13(21)15-19-14(20-23-15)10-6-7-10/h1,3-4,9-10,13H,2,5-8H2,(H,18,22). The van der Waals surface area contributed by atoms with Crippen LogP contribution >= 0.6 is 11.6 Å². The highest BCUT2D eigenvalue weighted by Crippen LogP contribution is 2.39. The van der Waals surface area contributed by atoms with Crippen molar-refractivity contribution in [3.8, 4) is 0 Å². The maximum absolute atomic E-state index is 12.5. The minimum Gasteiger partial charge on any atom is -0.337 e. The number of carbonyl (C=O) groups excluding carboxylic acids is 1. The van der Waals surface area contributed by atoms with E-state index >= 15 is 0 Å². The molecule has 23 heavy (non-hydrogen) atoms. The van der Waals surface area contributed by atoms with Gasteiger partial charge in [-0.15, -0.1) is 0 Å². The molecule has 1 aromatic carbocycles. The molecule has 2 amide bonds. The van der Waals surface area contributed by atoms with Crippen LogP contribution in [0.4, 0.5) is 10.5 Å². The Morgan fingerprint density at radius 1 is 1.35 bits per heavy atom. The van der Waals surface area contributed by atoms with Gasteiger partial charge in [-0.2, -0.15) is 4.98 Å². The molecule has 0 bridgehead atoms. The van der Waals surface area contributed by atoms with Crippen LogP contribution in [0.5, 0.6) is 0 Å². The van der Waals surface area contributed by atoms with Crippen LogP contribution in [-0.4, -0.2) is 27.6 Å². The molecule has 1 aliphatic heterocycles. The zero-order valence-corrected chi connectivity index (χ0v) is 13.3. The van der Waals surface area contributed by atoms with Gasteiger partial charge in [0, 0.05) is 23.2 Å². The highest BCUT2D eigenvalue weighted by atomic mass is 35.5. The summed E-state index contributed by atoms with van der Waals surface area (Å²) >= 11 is 5.95. The summed E-state index contributed by atoms with van der Waals surface area (Å²) in [4.78, 5) is 18.8. The SMILES string of the molecule is O=C(Nc1cccc(Cl)c1)N1CCCC1c1nc(C2CC2)no1. The third kappa shape index (κ3) is 3.03. The Morgan fingerprint density at radius 3 is 3.00 bits per heavy atom. The van der Waals surface area contributed by atoms with E-state index in [4.69, 9.17) is 16.1 Å². The van der Waals surface area contributed by atoms with E-state index < -0.39 is 0 Å². The highest BCUT2D eigenvalue weighted by Gasteiger charge is 2.36. The van der Waals surface area contributed by atoms with E-state index in [0.717, 1.165) is 31.5 Å². The summed E-state index contributed by atoms with van der Waals surface area (Å²) in [5, 5.41) is 7.52. The molecule has 1 saturated heterocycles. The molecule has 6 nitrogen and oxygen atoms in total. The summed E-state index contributed by atoms with van der Waals surface area (Å²) in [5.74, 6) is 1.77. The maximum atomic E-state index is 12.5.